The zero-order valence-electron chi connectivity index (χ0n) is 23.7. The molecule has 216 valence electrons. The lowest BCUT2D eigenvalue weighted by Gasteiger charge is -2.34. The number of hydrogen-bond donors (Lipinski definition) is 2. The van der Waals surface area contributed by atoms with Crippen LogP contribution in [0.25, 0.3) is 10.2 Å². The molecule has 4 heterocycles. The van der Waals surface area contributed by atoms with Crippen LogP contribution < -0.4 is 20.3 Å². The Bertz CT molecular complexity index is 1670. The largest absolute Gasteiger partial charge is 0.457 e. The lowest BCUT2D eigenvalue weighted by Crippen LogP contribution is -2.51. The first-order valence-corrected chi connectivity index (χ1v) is 14.7. The average Bonchev–Trinajstić information content (AvgIpc) is 3.34. The summed E-state index contributed by atoms with van der Waals surface area (Å²) in [6.45, 7) is 3.41. The number of pyridine rings is 1. The van der Waals surface area contributed by atoms with E-state index in [0.29, 0.717) is 52.2 Å². The predicted octanol–water partition coefficient (Wildman–Crippen LogP) is 5.36. The number of carbonyl (C=O) groups is 3. The highest BCUT2D eigenvalue weighted by Crippen LogP contribution is 2.46. The molecule has 0 saturated carbocycles. The van der Waals surface area contributed by atoms with E-state index in [9.17, 15) is 14.4 Å². The minimum Gasteiger partial charge on any atom is -0.457 e. The van der Waals surface area contributed by atoms with Crippen molar-refractivity contribution in [2.75, 3.05) is 43.9 Å². The molecule has 1 atom stereocenters. The summed E-state index contributed by atoms with van der Waals surface area (Å²) in [7, 11) is 3.73. The number of likely N-dealkylation sites (N-methyl/N-ethyl adjacent to an activating group) is 1. The molecule has 4 amide bonds. The van der Waals surface area contributed by atoms with Gasteiger partial charge in [0.05, 0.1) is 29.0 Å². The topological polar surface area (TPSA) is 107 Å². The Morgan fingerprint density at radius 3 is 2.69 bits per heavy atom. The number of urea groups is 1. The summed E-state index contributed by atoms with van der Waals surface area (Å²) in [4.78, 5) is 50.5. The van der Waals surface area contributed by atoms with E-state index in [2.05, 4.69) is 15.6 Å². The Hall–Kier alpha value is -4.48. The molecule has 1 unspecified atom stereocenters. The number of aromatic nitrogens is 1. The lowest BCUT2D eigenvalue weighted by atomic mass is 10.0. The van der Waals surface area contributed by atoms with E-state index >= 15 is 0 Å². The molecule has 0 radical (unpaired) electrons. The van der Waals surface area contributed by atoms with Gasteiger partial charge in [-0.1, -0.05) is 18.2 Å². The molecule has 2 aromatic heterocycles. The molecule has 2 aliphatic heterocycles. The fraction of sp³-hybridized carbons (Fsp3) is 0.290. The third-order valence-corrected chi connectivity index (χ3v) is 8.50. The number of amides is 4. The first-order chi connectivity index (χ1) is 20.3. The van der Waals surface area contributed by atoms with E-state index < -0.39 is 0 Å². The number of aryl methyl sites for hydroxylation is 1. The normalized spacial score (nSPS) is 16.5. The summed E-state index contributed by atoms with van der Waals surface area (Å²) in [5.74, 6) is 1.16. The second kappa shape index (κ2) is 11.4. The van der Waals surface area contributed by atoms with Gasteiger partial charge in [-0.25, -0.2) is 9.78 Å². The third-order valence-electron chi connectivity index (χ3n) is 7.40. The number of anilines is 3. The summed E-state index contributed by atoms with van der Waals surface area (Å²) in [6.07, 6.45) is 3.25. The standard InChI is InChI=1S/C31H32N6O4S/c1-19-16-22(41-21-9-5-4-6-10-21)11-12-23(19)37-24-13-14-32-30-26(24)27(34-31(37)40)28(42-30)29(39)33-20-8-7-15-36(17-20)25(38)18-35(2)3/h4-6,9-14,16,20H,7-8,15,17-18H2,1-3H3,(H,33,39)(H,34,40). The van der Waals surface area contributed by atoms with Crippen LogP contribution in [0.1, 0.15) is 28.1 Å². The van der Waals surface area contributed by atoms with Gasteiger partial charge in [0, 0.05) is 25.3 Å². The second-order valence-electron chi connectivity index (χ2n) is 10.8. The van der Waals surface area contributed by atoms with Crippen LogP contribution in [-0.4, -0.2) is 72.4 Å². The molecule has 2 N–H and O–H groups in total. The molecule has 2 aromatic carbocycles. The highest BCUT2D eigenvalue weighted by molar-refractivity contribution is 7.21. The van der Waals surface area contributed by atoms with Crippen molar-refractivity contribution in [2.45, 2.75) is 25.8 Å². The molecule has 42 heavy (non-hydrogen) atoms. The SMILES string of the molecule is Cc1cc(Oc2ccccc2)ccc1N1C(=O)Nc2c(C(=O)NC3CCCN(C(=O)CN(C)C)C3)sc3nccc1c23. The number of likely N-dealkylation sites (tertiary alicyclic amines) is 1. The Balaban J connectivity index is 1.26. The number of para-hydroxylation sites is 1. The van der Waals surface area contributed by atoms with E-state index in [1.165, 1.54) is 11.3 Å². The van der Waals surface area contributed by atoms with Gasteiger partial charge in [-0.05, 0) is 75.8 Å². The molecular weight excluding hydrogens is 552 g/mol. The number of rotatable bonds is 7. The summed E-state index contributed by atoms with van der Waals surface area (Å²) < 4.78 is 5.98. The van der Waals surface area contributed by atoms with Crippen molar-refractivity contribution in [3.8, 4) is 11.5 Å². The zero-order valence-corrected chi connectivity index (χ0v) is 24.5. The van der Waals surface area contributed by atoms with Gasteiger partial charge < -0.3 is 25.2 Å². The highest BCUT2D eigenvalue weighted by atomic mass is 32.1. The van der Waals surface area contributed by atoms with Gasteiger partial charge in [-0.3, -0.25) is 14.5 Å². The van der Waals surface area contributed by atoms with Gasteiger partial charge in [0.2, 0.25) is 5.91 Å². The maximum Gasteiger partial charge on any atom is 0.331 e. The smallest absolute Gasteiger partial charge is 0.331 e. The molecule has 10 nitrogen and oxygen atoms in total. The summed E-state index contributed by atoms with van der Waals surface area (Å²) in [5, 5.41) is 6.79. The molecule has 0 spiro atoms. The number of ether oxygens (including phenoxy) is 1. The number of nitrogens with one attached hydrogen (secondary N) is 2. The molecule has 0 bridgehead atoms. The second-order valence-corrected chi connectivity index (χ2v) is 11.8. The van der Waals surface area contributed by atoms with E-state index in [1.54, 1.807) is 22.1 Å². The monoisotopic (exact) mass is 584 g/mol. The fourth-order valence-corrected chi connectivity index (χ4v) is 6.52. The van der Waals surface area contributed by atoms with Crippen LogP contribution in [0.15, 0.2) is 60.8 Å². The van der Waals surface area contributed by atoms with E-state index in [-0.39, 0.29) is 23.9 Å². The van der Waals surface area contributed by atoms with Crippen LogP contribution in [0.3, 0.4) is 0 Å². The van der Waals surface area contributed by atoms with Crippen molar-refractivity contribution >= 4 is 56.5 Å². The van der Waals surface area contributed by atoms with Gasteiger partial charge in [-0.15, -0.1) is 11.3 Å². The minimum atomic E-state index is -0.361. The highest BCUT2D eigenvalue weighted by Gasteiger charge is 2.34. The molecule has 0 aliphatic carbocycles. The summed E-state index contributed by atoms with van der Waals surface area (Å²) in [5.41, 5.74) is 2.68. The third kappa shape index (κ3) is 5.40. The Morgan fingerprint density at radius 2 is 1.93 bits per heavy atom. The van der Waals surface area contributed by atoms with Crippen LogP contribution in [-0.2, 0) is 4.79 Å². The molecule has 6 rings (SSSR count). The van der Waals surface area contributed by atoms with Crippen molar-refractivity contribution in [1.29, 1.82) is 0 Å². The minimum absolute atomic E-state index is 0.0482. The Kier molecular flexibility index (Phi) is 7.53. The van der Waals surface area contributed by atoms with Crippen molar-refractivity contribution in [2.24, 2.45) is 0 Å². The number of piperidine rings is 1. The molecule has 1 fully saturated rings. The fourth-order valence-electron chi connectivity index (χ4n) is 5.49. The molecule has 1 saturated heterocycles. The Morgan fingerprint density at radius 1 is 1.12 bits per heavy atom. The van der Waals surface area contributed by atoms with Gasteiger partial charge in [-0.2, -0.15) is 0 Å². The maximum atomic E-state index is 13.6. The summed E-state index contributed by atoms with van der Waals surface area (Å²) in [6, 6.07) is 16.4. The predicted molar refractivity (Wildman–Crippen MR) is 164 cm³/mol. The number of benzene rings is 2. The van der Waals surface area contributed by atoms with Crippen LogP contribution in [0.4, 0.5) is 21.9 Å². The van der Waals surface area contributed by atoms with Gasteiger partial charge in [0.15, 0.2) is 0 Å². The van der Waals surface area contributed by atoms with Gasteiger partial charge >= 0.3 is 6.03 Å². The average molecular weight is 585 g/mol. The molecular formula is C31H32N6O4S. The van der Waals surface area contributed by atoms with Crippen molar-refractivity contribution in [1.82, 2.24) is 20.1 Å². The zero-order chi connectivity index (χ0) is 29.4. The molecule has 11 heteroatoms. The van der Waals surface area contributed by atoms with Gasteiger partial charge in [0.25, 0.3) is 5.91 Å². The number of carbonyl (C=O) groups excluding carboxylic acids is 3. The molecule has 2 aliphatic rings. The number of thiophene rings is 1. The first-order valence-electron chi connectivity index (χ1n) is 13.9. The van der Waals surface area contributed by atoms with E-state index in [4.69, 9.17) is 4.74 Å². The van der Waals surface area contributed by atoms with Crippen LogP contribution in [0, 0.1) is 6.92 Å². The quantitative estimate of drug-likeness (QED) is 0.303. The van der Waals surface area contributed by atoms with Crippen LogP contribution >= 0.6 is 11.3 Å². The molecule has 4 aromatic rings. The number of nitrogens with zero attached hydrogens (tertiary/aromatic N) is 4. The van der Waals surface area contributed by atoms with E-state index in [1.807, 2.05) is 74.4 Å². The van der Waals surface area contributed by atoms with Crippen molar-refractivity contribution in [3.63, 3.8) is 0 Å². The summed E-state index contributed by atoms with van der Waals surface area (Å²) >= 11 is 1.25. The first kappa shape index (κ1) is 27.7. The van der Waals surface area contributed by atoms with Crippen molar-refractivity contribution in [3.05, 3.63) is 71.2 Å². The van der Waals surface area contributed by atoms with Crippen LogP contribution in [0.2, 0.25) is 0 Å². The maximum absolute atomic E-state index is 13.6. The van der Waals surface area contributed by atoms with Gasteiger partial charge in [0.1, 0.15) is 21.2 Å². The Labute approximate surface area is 247 Å². The van der Waals surface area contributed by atoms with E-state index in [0.717, 1.165) is 29.5 Å². The number of hydrogen-bond acceptors (Lipinski definition) is 7. The van der Waals surface area contributed by atoms with Crippen molar-refractivity contribution < 1.29 is 19.1 Å². The van der Waals surface area contributed by atoms with Crippen LogP contribution in [0.5, 0.6) is 11.5 Å². The lowest BCUT2D eigenvalue weighted by molar-refractivity contribution is -0.133.